The Hall–Kier alpha value is -1.57. The first kappa shape index (κ1) is 9.97. The lowest BCUT2D eigenvalue weighted by Crippen LogP contribution is -2.66. The lowest BCUT2D eigenvalue weighted by atomic mass is 9.72. The van der Waals surface area contributed by atoms with Crippen LogP contribution in [-0.4, -0.2) is 17.5 Å². The number of carbonyl (C=O) groups is 2. The van der Waals surface area contributed by atoms with Crippen LogP contribution >= 0.6 is 0 Å². The molecule has 0 bridgehead atoms. The Kier molecular flexibility index (Phi) is 2.35. The third kappa shape index (κ3) is 1.56. The van der Waals surface area contributed by atoms with Crippen molar-refractivity contribution in [2.24, 2.45) is 5.92 Å². The van der Waals surface area contributed by atoms with Crippen molar-refractivity contribution in [2.75, 3.05) is 0 Å². The van der Waals surface area contributed by atoms with Crippen molar-refractivity contribution in [2.45, 2.75) is 37.6 Å². The van der Waals surface area contributed by atoms with E-state index in [1.54, 1.807) is 0 Å². The Morgan fingerprint density at radius 1 is 1.27 bits per heavy atom. The van der Waals surface area contributed by atoms with Gasteiger partial charge in [-0.05, 0) is 12.8 Å². The minimum absolute atomic E-state index is 0.455. The molecule has 0 aromatic heterocycles. The van der Waals surface area contributed by atoms with Crippen LogP contribution in [0, 0.1) is 17.2 Å². The van der Waals surface area contributed by atoms with Crippen LogP contribution in [0.3, 0.4) is 0 Å². The van der Waals surface area contributed by atoms with E-state index in [0.29, 0.717) is 0 Å². The van der Waals surface area contributed by atoms with Crippen molar-refractivity contribution in [3.8, 4) is 6.07 Å². The summed E-state index contributed by atoms with van der Waals surface area (Å²) in [5.74, 6) is -1.20. The largest absolute Gasteiger partial charge is 0.330 e. The molecule has 2 rings (SSSR count). The molecule has 1 aliphatic heterocycles. The fourth-order valence-electron chi connectivity index (χ4n) is 2.54. The number of imide groups is 1. The first-order chi connectivity index (χ1) is 7.18. The molecule has 0 aromatic carbocycles. The molecule has 1 spiro atoms. The standard InChI is InChI=1S/C10H13N3O2/c11-6-7-8(14)12-9(15)13-10(7)4-2-1-3-5-10/h7H,1-5H2,(H2,12,13,14,15)/t7-/m1/s1. The Morgan fingerprint density at radius 2 is 1.93 bits per heavy atom. The Balaban J connectivity index is 2.29. The fourth-order valence-corrected chi connectivity index (χ4v) is 2.54. The second-order valence-electron chi connectivity index (χ2n) is 4.22. The van der Waals surface area contributed by atoms with Gasteiger partial charge in [-0.2, -0.15) is 5.26 Å². The van der Waals surface area contributed by atoms with Gasteiger partial charge in [-0.1, -0.05) is 19.3 Å². The van der Waals surface area contributed by atoms with Crippen molar-refractivity contribution in [3.05, 3.63) is 0 Å². The number of amides is 3. The van der Waals surface area contributed by atoms with Gasteiger partial charge in [0, 0.05) is 0 Å². The lowest BCUT2D eigenvalue weighted by Gasteiger charge is -2.43. The smallest absolute Gasteiger partial charge is 0.321 e. The number of urea groups is 1. The zero-order valence-electron chi connectivity index (χ0n) is 8.38. The molecule has 3 amide bonds. The average Bonchev–Trinajstić information content (AvgIpc) is 2.18. The van der Waals surface area contributed by atoms with Gasteiger partial charge in [0.1, 0.15) is 5.92 Å². The summed E-state index contributed by atoms with van der Waals surface area (Å²) in [6.45, 7) is 0. The van der Waals surface area contributed by atoms with Crippen LogP contribution in [0.25, 0.3) is 0 Å². The summed E-state index contributed by atoms with van der Waals surface area (Å²) in [4.78, 5) is 22.8. The highest BCUT2D eigenvalue weighted by atomic mass is 16.2. The molecule has 1 heterocycles. The molecule has 1 saturated heterocycles. The molecule has 1 saturated carbocycles. The van der Waals surface area contributed by atoms with E-state index in [4.69, 9.17) is 5.26 Å². The Bertz CT molecular complexity index is 339. The molecule has 5 nitrogen and oxygen atoms in total. The van der Waals surface area contributed by atoms with Crippen LogP contribution in [0.1, 0.15) is 32.1 Å². The highest BCUT2D eigenvalue weighted by Gasteiger charge is 2.48. The van der Waals surface area contributed by atoms with Gasteiger partial charge in [0.25, 0.3) is 0 Å². The van der Waals surface area contributed by atoms with Crippen LogP contribution in [0.2, 0.25) is 0 Å². The third-order valence-corrected chi connectivity index (χ3v) is 3.29. The van der Waals surface area contributed by atoms with Gasteiger partial charge in [-0.25, -0.2) is 4.79 Å². The molecule has 0 radical (unpaired) electrons. The number of rotatable bonds is 0. The molecule has 0 unspecified atom stereocenters. The number of nitriles is 1. The number of nitrogens with one attached hydrogen (secondary N) is 2. The van der Waals surface area contributed by atoms with Gasteiger partial charge >= 0.3 is 6.03 Å². The number of hydrogen-bond acceptors (Lipinski definition) is 3. The zero-order valence-corrected chi connectivity index (χ0v) is 8.38. The summed E-state index contributed by atoms with van der Waals surface area (Å²) < 4.78 is 0. The first-order valence-corrected chi connectivity index (χ1v) is 5.20. The van der Waals surface area contributed by atoms with Crippen LogP contribution in [-0.2, 0) is 4.79 Å². The molecule has 2 aliphatic rings. The van der Waals surface area contributed by atoms with E-state index in [1.807, 2.05) is 6.07 Å². The molecule has 15 heavy (non-hydrogen) atoms. The summed E-state index contributed by atoms with van der Waals surface area (Å²) in [6, 6.07) is 1.54. The van der Waals surface area contributed by atoms with Gasteiger partial charge in [0.05, 0.1) is 11.6 Å². The molecule has 1 aliphatic carbocycles. The maximum Gasteiger partial charge on any atom is 0.321 e. The number of nitrogens with zero attached hydrogens (tertiary/aromatic N) is 1. The van der Waals surface area contributed by atoms with Gasteiger partial charge in [-0.3, -0.25) is 10.1 Å². The van der Waals surface area contributed by atoms with Crippen LogP contribution in [0.5, 0.6) is 0 Å². The Morgan fingerprint density at radius 3 is 2.53 bits per heavy atom. The molecule has 2 fully saturated rings. The van der Waals surface area contributed by atoms with Crippen molar-refractivity contribution in [1.82, 2.24) is 10.6 Å². The molecule has 2 N–H and O–H groups in total. The minimum atomic E-state index is -0.740. The van der Waals surface area contributed by atoms with E-state index in [1.165, 1.54) is 0 Å². The number of hydrogen-bond donors (Lipinski definition) is 2. The van der Waals surface area contributed by atoms with Crippen molar-refractivity contribution < 1.29 is 9.59 Å². The van der Waals surface area contributed by atoms with E-state index in [2.05, 4.69) is 10.6 Å². The fraction of sp³-hybridized carbons (Fsp3) is 0.700. The van der Waals surface area contributed by atoms with Crippen molar-refractivity contribution in [1.29, 1.82) is 5.26 Å². The monoisotopic (exact) mass is 207 g/mol. The minimum Gasteiger partial charge on any atom is -0.330 e. The van der Waals surface area contributed by atoms with Gasteiger partial charge in [0.15, 0.2) is 0 Å². The molecule has 0 aromatic rings. The summed E-state index contributed by atoms with van der Waals surface area (Å²) in [6.07, 6.45) is 4.49. The number of carbonyl (C=O) groups excluding carboxylic acids is 2. The maximum absolute atomic E-state index is 11.5. The molecule has 5 heteroatoms. The third-order valence-electron chi connectivity index (χ3n) is 3.29. The highest BCUT2D eigenvalue weighted by molar-refractivity contribution is 6.00. The topological polar surface area (TPSA) is 82.0 Å². The predicted molar refractivity (Wildman–Crippen MR) is 51.6 cm³/mol. The second-order valence-corrected chi connectivity index (χ2v) is 4.22. The SMILES string of the molecule is N#C[C@@H]1C(=O)NC(=O)NC12CCCCC2. The summed E-state index contributed by atoms with van der Waals surface area (Å²) in [5, 5.41) is 13.9. The second kappa shape index (κ2) is 3.54. The van der Waals surface area contributed by atoms with Crippen LogP contribution < -0.4 is 10.6 Å². The van der Waals surface area contributed by atoms with Crippen molar-refractivity contribution >= 4 is 11.9 Å². The van der Waals surface area contributed by atoms with Gasteiger partial charge in [-0.15, -0.1) is 0 Å². The van der Waals surface area contributed by atoms with Crippen molar-refractivity contribution in [3.63, 3.8) is 0 Å². The molecular formula is C10H13N3O2. The van der Waals surface area contributed by atoms with Gasteiger partial charge < -0.3 is 5.32 Å². The van der Waals surface area contributed by atoms with Crippen LogP contribution in [0.15, 0.2) is 0 Å². The zero-order chi connectivity index (χ0) is 10.9. The summed E-state index contributed by atoms with van der Waals surface area (Å²) in [5.41, 5.74) is -0.605. The lowest BCUT2D eigenvalue weighted by molar-refractivity contribution is -0.126. The quantitative estimate of drug-likeness (QED) is 0.612. The van der Waals surface area contributed by atoms with Crippen LogP contribution in [0.4, 0.5) is 4.79 Å². The van der Waals surface area contributed by atoms with E-state index in [-0.39, 0.29) is 0 Å². The maximum atomic E-state index is 11.5. The Labute approximate surface area is 87.8 Å². The summed E-state index contributed by atoms with van der Waals surface area (Å²) in [7, 11) is 0. The summed E-state index contributed by atoms with van der Waals surface area (Å²) >= 11 is 0. The van der Waals surface area contributed by atoms with Gasteiger partial charge in [0.2, 0.25) is 5.91 Å². The van der Waals surface area contributed by atoms with E-state index >= 15 is 0 Å². The molecule has 80 valence electrons. The molecule has 1 atom stereocenters. The molecular weight excluding hydrogens is 194 g/mol. The van der Waals surface area contributed by atoms with E-state index < -0.39 is 23.4 Å². The van der Waals surface area contributed by atoms with E-state index in [0.717, 1.165) is 32.1 Å². The normalized spacial score (nSPS) is 29.1. The highest BCUT2D eigenvalue weighted by Crippen LogP contribution is 2.35. The average molecular weight is 207 g/mol. The predicted octanol–water partition coefficient (Wildman–Crippen LogP) is 0.668. The first-order valence-electron chi connectivity index (χ1n) is 5.20. The van der Waals surface area contributed by atoms with E-state index in [9.17, 15) is 9.59 Å².